The summed E-state index contributed by atoms with van der Waals surface area (Å²) >= 11 is 5.64. The van der Waals surface area contributed by atoms with Crippen LogP contribution in [0.1, 0.15) is 0 Å². The Kier molecular flexibility index (Phi) is 5.14. The quantitative estimate of drug-likeness (QED) is 0.686. The first-order valence-corrected chi connectivity index (χ1v) is 6.68. The van der Waals surface area contributed by atoms with Crippen LogP contribution in [-0.2, 0) is 9.53 Å². The van der Waals surface area contributed by atoms with E-state index in [1.807, 2.05) is 11.0 Å². The molecule has 5 nitrogen and oxygen atoms in total. The van der Waals surface area contributed by atoms with E-state index in [0.29, 0.717) is 32.0 Å². The molecular formula is C14H13ClFN3O2. The fourth-order valence-corrected chi connectivity index (χ4v) is 1.98. The van der Waals surface area contributed by atoms with Crippen LogP contribution in [0.15, 0.2) is 30.0 Å². The van der Waals surface area contributed by atoms with E-state index in [4.69, 9.17) is 21.6 Å². The Labute approximate surface area is 126 Å². The largest absolute Gasteiger partial charge is 0.378 e. The van der Waals surface area contributed by atoms with Gasteiger partial charge in [0.05, 0.1) is 18.2 Å². The lowest BCUT2D eigenvalue weighted by Gasteiger charge is -2.25. The molecule has 0 saturated carbocycles. The molecule has 0 aliphatic carbocycles. The molecule has 1 fully saturated rings. The van der Waals surface area contributed by atoms with Gasteiger partial charge in [0.25, 0.3) is 5.91 Å². The van der Waals surface area contributed by atoms with Crippen molar-refractivity contribution in [2.45, 2.75) is 0 Å². The van der Waals surface area contributed by atoms with E-state index >= 15 is 0 Å². The number of rotatable bonds is 3. The average molecular weight is 310 g/mol. The number of hydrogen-bond acceptors (Lipinski definition) is 4. The smallest absolute Gasteiger partial charge is 0.267 e. The van der Waals surface area contributed by atoms with Crippen LogP contribution in [0.25, 0.3) is 0 Å². The monoisotopic (exact) mass is 309 g/mol. The summed E-state index contributed by atoms with van der Waals surface area (Å²) in [6.45, 7) is 2.37. The van der Waals surface area contributed by atoms with Crippen molar-refractivity contribution in [3.63, 3.8) is 0 Å². The first-order valence-electron chi connectivity index (χ1n) is 6.30. The topological polar surface area (TPSA) is 65.4 Å². The zero-order valence-corrected chi connectivity index (χ0v) is 11.9. The molecule has 1 amide bonds. The van der Waals surface area contributed by atoms with Crippen molar-refractivity contribution < 1.29 is 13.9 Å². The second-order valence-corrected chi connectivity index (χ2v) is 4.79. The molecule has 110 valence electrons. The Bertz CT molecular complexity index is 607. The summed E-state index contributed by atoms with van der Waals surface area (Å²) in [7, 11) is 0. The van der Waals surface area contributed by atoms with Crippen LogP contribution in [-0.4, -0.2) is 37.1 Å². The number of carbonyl (C=O) groups excluding carboxylic acids is 1. The number of hydrogen-bond donors (Lipinski definition) is 1. The number of halogens is 2. The first kappa shape index (κ1) is 15.3. The minimum atomic E-state index is -0.570. The van der Waals surface area contributed by atoms with Gasteiger partial charge >= 0.3 is 0 Å². The lowest BCUT2D eigenvalue weighted by molar-refractivity contribution is -0.112. The molecule has 2 rings (SSSR count). The van der Waals surface area contributed by atoms with Crippen molar-refractivity contribution in [2.24, 2.45) is 0 Å². The normalized spacial score (nSPS) is 15.5. The van der Waals surface area contributed by atoms with E-state index in [1.54, 1.807) is 0 Å². The van der Waals surface area contributed by atoms with Crippen molar-refractivity contribution in [3.05, 3.63) is 40.8 Å². The predicted molar refractivity (Wildman–Crippen MR) is 76.1 cm³/mol. The van der Waals surface area contributed by atoms with Crippen molar-refractivity contribution in [3.8, 4) is 6.07 Å². The van der Waals surface area contributed by atoms with E-state index in [0.717, 1.165) is 6.07 Å². The van der Waals surface area contributed by atoms with Gasteiger partial charge in [0.2, 0.25) is 0 Å². The Hall–Kier alpha value is -2.10. The van der Waals surface area contributed by atoms with E-state index in [2.05, 4.69) is 5.32 Å². The van der Waals surface area contributed by atoms with Gasteiger partial charge in [-0.25, -0.2) is 4.39 Å². The molecular weight excluding hydrogens is 297 g/mol. The minimum absolute atomic E-state index is 0.0302. The SMILES string of the molecule is N#C/C(=C\N1CCOCC1)C(=O)Nc1ccc(F)c(Cl)c1. The van der Waals surface area contributed by atoms with Crippen LogP contribution >= 0.6 is 11.6 Å². The van der Waals surface area contributed by atoms with Gasteiger partial charge in [0.15, 0.2) is 0 Å². The molecule has 0 atom stereocenters. The van der Waals surface area contributed by atoms with Gasteiger partial charge in [-0.05, 0) is 18.2 Å². The minimum Gasteiger partial charge on any atom is -0.378 e. The summed E-state index contributed by atoms with van der Waals surface area (Å²) in [5, 5.41) is 11.5. The van der Waals surface area contributed by atoms with Crippen LogP contribution in [0.5, 0.6) is 0 Å². The molecule has 1 N–H and O–H groups in total. The summed E-state index contributed by atoms with van der Waals surface area (Å²) < 4.78 is 18.2. The summed E-state index contributed by atoms with van der Waals surface area (Å²) in [6, 6.07) is 5.67. The van der Waals surface area contributed by atoms with Gasteiger partial charge in [-0.1, -0.05) is 11.6 Å². The maximum atomic E-state index is 13.0. The molecule has 1 aliphatic rings. The lowest BCUT2D eigenvalue weighted by atomic mass is 10.2. The number of benzene rings is 1. The Morgan fingerprint density at radius 3 is 2.81 bits per heavy atom. The third-order valence-electron chi connectivity index (χ3n) is 2.90. The third kappa shape index (κ3) is 4.18. The van der Waals surface area contributed by atoms with Gasteiger partial charge in [-0.3, -0.25) is 4.79 Å². The third-order valence-corrected chi connectivity index (χ3v) is 3.19. The summed E-state index contributed by atoms with van der Waals surface area (Å²) in [6.07, 6.45) is 1.50. The van der Waals surface area contributed by atoms with Crippen LogP contribution < -0.4 is 5.32 Å². The van der Waals surface area contributed by atoms with E-state index < -0.39 is 11.7 Å². The van der Waals surface area contributed by atoms with Crippen molar-refractivity contribution in [1.29, 1.82) is 5.26 Å². The fourth-order valence-electron chi connectivity index (χ4n) is 1.80. The molecule has 0 aromatic heterocycles. The first-order chi connectivity index (χ1) is 10.1. The van der Waals surface area contributed by atoms with E-state index in [1.165, 1.54) is 18.3 Å². The second kappa shape index (κ2) is 7.07. The predicted octanol–water partition coefficient (Wildman–Crippen LogP) is 2.16. The summed E-state index contributed by atoms with van der Waals surface area (Å²) in [5.74, 6) is -1.13. The van der Waals surface area contributed by atoms with Gasteiger partial charge in [-0.15, -0.1) is 0 Å². The highest BCUT2D eigenvalue weighted by molar-refractivity contribution is 6.31. The molecule has 21 heavy (non-hydrogen) atoms. The number of morpholine rings is 1. The van der Waals surface area contributed by atoms with Crippen molar-refractivity contribution >= 4 is 23.2 Å². The number of carbonyl (C=O) groups is 1. The number of anilines is 1. The highest BCUT2D eigenvalue weighted by atomic mass is 35.5. The molecule has 1 aromatic carbocycles. The lowest BCUT2D eigenvalue weighted by Crippen LogP contribution is -2.33. The van der Waals surface area contributed by atoms with Crippen LogP contribution in [0.4, 0.5) is 10.1 Å². The summed E-state index contributed by atoms with van der Waals surface area (Å²) in [4.78, 5) is 13.9. The highest BCUT2D eigenvalue weighted by Crippen LogP contribution is 2.19. The Morgan fingerprint density at radius 2 is 2.19 bits per heavy atom. The molecule has 0 spiro atoms. The number of nitrogens with one attached hydrogen (secondary N) is 1. The Balaban J connectivity index is 2.07. The van der Waals surface area contributed by atoms with Crippen LogP contribution in [0.3, 0.4) is 0 Å². The maximum absolute atomic E-state index is 13.0. The molecule has 0 bridgehead atoms. The highest BCUT2D eigenvalue weighted by Gasteiger charge is 2.14. The molecule has 1 saturated heterocycles. The van der Waals surface area contributed by atoms with Crippen LogP contribution in [0.2, 0.25) is 5.02 Å². The van der Waals surface area contributed by atoms with Crippen molar-refractivity contribution in [1.82, 2.24) is 4.90 Å². The Morgan fingerprint density at radius 1 is 1.48 bits per heavy atom. The number of ether oxygens (including phenoxy) is 1. The standard InChI is InChI=1S/C14H13ClFN3O2/c15-12-7-11(1-2-13(12)16)18-14(20)10(8-17)9-19-3-5-21-6-4-19/h1-2,7,9H,3-6H2,(H,18,20)/b10-9+. The molecule has 7 heteroatoms. The maximum Gasteiger partial charge on any atom is 0.267 e. The number of amides is 1. The molecule has 1 aromatic rings. The molecule has 1 aliphatic heterocycles. The zero-order valence-electron chi connectivity index (χ0n) is 11.1. The van der Waals surface area contributed by atoms with Gasteiger partial charge in [-0.2, -0.15) is 5.26 Å². The summed E-state index contributed by atoms with van der Waals surface area (Å²) in [5.41, 5.74) is 0.298. The fraction of sp³-hybridized carbons (Fsp3) is 0.286. The van der Waals surface area contributed by atoms with Crippen molar-refractivity contribution in [2.75, 3.05) is 31.6 Å². The molecule has 1 heterocycles. The van der Waals surface area contributed by atoms with E-state index in [9.17, 15) is 9.18 Å². The van der Waals surface area contributed by atoms with Crippen LogP contribution in [0, 0.1) is 17.1 Å². The average Bonchev–Trinajstić information content (AvgIpc) is 2.49. The second-order valence-electron chi connectivity index (χ2n) is 4.39. The number of nitrogens with zero attached hydrogens (tertiary/aromatic N) is 2. The molecule has 0 radical (unpaired) electrons. The van der Waals surface area contributed by atoms with Gasteiger partial charge in [0.1, 0.15) is 17.5 Å². The zero-order chi connectivity index (χ0) is 15.2. The van der Waals surface area contributed by atoms with Gasteiger partial charge < -0.3 is 15.0 Å². The molecule has 0 unspecified atom stereocenters. The van der Waals surface area contributed by atoms with Gasteiger partial charge in [0, 0.05) is 25.0 Å². The number of nitriles is 1. The van der Waals surface area contributed by atoms with E-state index in [-0.39, 0.29) is 10.6 Å².